The van der Waals surface area contributed by atoms with Crippen molar-refractivity contribution in [3.05, 3.63) is 81.3 Å². The first-order chi connectivity index (χ1) is 13.1. The summed E-state index contributed by atoms with van der Waals surface area (Å²) in [7, 11) is 0. The number of carbonyl (C=O) groups excluding carboxylic acids is 1. The minimum Gasteiger partial charge on any atom is -0.422 e. The van der Waals surface area contributed by atoms with E-state index in [0.717, 1.165) is 28.3 Å². The molecule has 1 amide bonds. The molecular formula is C22H18N2O3. The van der Waals surface area contributed by atoms with Crippen LogP contribution in [-0.4, -0.2) is 22.3 Å². The molecule has 0 fully saturated rings. The minimum absolute atomic E-state index is 0.0909. The number of H-pyrrole nitrogens is 1. The summed E-state index contributed by atoms with van der Waals surface area (Å²) < 4.78 is 5.34. The van der Waals surface area contributed by atoms with Gasteiger partial charge in [-0.05, 0) is 31.2 Å². The van der Waals surface area contributed by atoms with Gasteiger partial charge in [0.1, 0.15) is 11.1 Å². The first kappa shape index (κ1) is 15.9. The molecule has 1 aliphatic heterocycles. The summed E-state index contributed by atoms with van der Waals surface area (Å²) in [6.07, 6.45) is 0.744. The van der Waals surface area contributed by atoms with E-state index in [4.69, 9.17) is 4.42 Å². The number of aromatic amines is 1. The molecule has 2 aromatic heterocycles. The van der Waals surface area contributed by atoms with Gasteiger partial charge in [0.25, 0.3) is 5.91 Å². The largest absolute Gasteiger partial charge is 0.422 e. The van der Waals surface area contributed by atoms with Gasteiger partial charge in [0.2, 0.25) is 0 Å². The number of hydrogen-bond acceptors (Lipinski definition) is 3. The molecule has 5 heteroatoms. The van der Waals surface area contributed by atoms with E-state index in [-0.39, 0.29) is 11.5 Å². The molecule has 5 nitrogen and oxygen atoms in total. The zero-order chi connectivity index (χ0) is 18.5. The van der Waals surface area contributed by atoms with Crippen LogP contribution < -0.4 is 5.63 Å². The van der Waals surface area contributed by atoms with Crippen LogP contribution in [-0.2, 0) is 13.0 Å². The fraction of sp³-hybridized carbons (Fsp3) is 0.182. The van der Waals surface area contributed by atoms with Gasteiger partial charge in [-0.15, -0.1) is 0 Å². The number of amides is 1. The molecule has 0 saturated heterocycles. The summed E-state index contributed by atoms with van der Waals surface area (Å²) in [6, 6.07) is 15.2. The number of aryl methyl sites for hydroxylation is 1. The van der Waals surface area contributed by atoms with Gasteiger partial charge in [0.05, 0.1) is 0 Å². The Morgan fingerprint density at radius 2 is 2.00 bits per heavy atom. The molecule has 0 saturated carbocycles. The minimum atomic E-state index is -0.584. The van der Waals surface area contributed by atoms with Crippen LogP contribution >= 0.6 is 0 Å². The lowest BCUT2D eigenvalue weighted by atomic mass is 10.0. The van der Waals surface area contributed by atoms with Crippen LogP contribution in [0.25, 0.3) is 21.9 Å². The highest BCUT2D eigenvalue weighted by Gasteiger charge is 2.27. The van der Waals surface area contributed by atoms with Crippen molar-refractivity contribution in [3.8, 4) is 0 Å². The monoisotopic (exact) mass is 358 g/mol. The van der Waals surface area contributed by atoms with E-state index in [1.54, 1.807) is 23.1 Å². The molecule has 1 aliphatic rings. The van der Waals surface area contributed by atoms with Crippen molar-refractivity contribution in [2.45, 2.75) is 19.9 Å². The fourth-order valence-electron chi connectivity index (χ4n) is 3.88. The predicted molar refractivity (Wildman–Crippen MR) is 104 cm³/mol. The topological polar surface area (TPSA) is 66.3 Å². The highest BCUT2D eigenvalue weighted by Crippen LogP contribution is 2.29. The van der Waals surface area contributed by atoms with Crippen LogP contribution in [0.2, 0.25) is 0 Å². The van der Waals surface area contributed by atoms with Crippen LogP contribution in [0, 0.1) is 6.92 Å². The second-order valence-electron chi connectivity index (χ2n) is 7.09. The van der Waals surface area contributed by atoms with Crippen molar-refractivity contribution in [2.75, 3.05) is 6.54 Å². The molecule has 4 aromatic rings. The molecule has 5 rings (SSSR count). The zero-order valence-electron chi connectivity index (χ0n) is 14.9. The van der Waals surface area contributed by atoms with Gasteiger partial charge in [-0.1, -0.05) is 29.8 Å². The molecule has 27 heavy (non-hydrogen) atoms. The third kappa shape index (κ3) is 2.54. The summed E-state index contributed by atoms with van der Waals surface area (Å²) in [5.41, 5.74) is 4.58. The Hall–Kier alpha value is -3.34. The van der Waals surface area contributed by atoms with Gasteiger partial charge >= 0.3 is 5.63 Å². The number of hydrogen-bond donors (Lipinski definition) is 1. The molecule has 0 spiro atoms. The third-order valence-electron chi connectivity index (χ3n) is 5.29. The second-order valence-corrected chi connectivity index (χ2v) is 7.09. The van der Waals surface area contributed by atoms with E-state index in [1.165, 1.54) is 11.3 Å². The number of aromatic nitrogens is 1. The van der Waals surface area contributed by atoms with E-state index in [1.807, 2.05) is 12.1 Å². The van der Waals surface area contributed by atoms with E-state index in [0.29, 0.717) is 18.7 Å². The summed E-state index contributed by atoms with van der Waals surface area (Å²) in [4.78, 5) is 30.6. The highest BCUT2D eigenvalue weighted by atomic mass is 16.4. The maximum atomic E-state index is 13.1. The quantitative estimate of drug-likeness (QED) is 0.527. The number of carbonyl (C=O) groups is 1. The SMILES string of the molecule is Cc1ccc2[nH]c3c(c2c1)CN(C(=O)c1cc2ccccc2oc1=O)CC3. The van der Waals surface area contributed by atoms with E-state index >= 15 is 0 Å². The fourth-order valence-corrected chi connectivity index (χ4v) is 3.88. The van der Waals surface area contributed by atoms with Crippen molar-refractivity contribution in [2.24, 2.45) is 0 Å². The first-order valence-electron chi connectivity index (χ1n) is 9.02. The predicted octanol–water partition coefficient (Wildman–Crippen LogP) is 3.78. The van der Waals surface area contributed by atoms with Gasteiger partial charge in [0, 0.05) is 47.1 Å². The third-order valence-corrected chi connectivity index (χ3v) is 5.29. The number of para-hydroxylation sites is 1. The molecule has 0 aliphatic carbocycles. The average Bonchev–Trinajstić information content (AvgIpc) is 3.04. The lowest BCUT2D eigenvalue weighted by molar-refractivity contribution is 0.0731. The van der Waals surface area contributed by atoms with Crippen molar-refractivity contribution >= 4 is 27.8 Å². The summed E-state index contributed by atoms with van der Waals surface area (Å²) in [6.45, 7) is 3.12. The van der Waals surface area contributed by atoms with Crippen LogP contribution in [0.1, 0.15) is 27.2 Å². The normalized spacial score (nSPS) is 13.9. The highest BCUT2D eigenvalue weighted by molar-refractivity contribution is 5.97. The molecular weight excluding hydrogens is 340 g/mol. The maximum Gasteiger partial charge on any atom is 0.349 e. The first-order valence-corrected chi connectivity index (χ1v) is 9.02. The Balaban J connectivity index is 1.54. The standard InChI is InChI=1S/C22H18N2O3/c1-13-6-7-18-15(10-13)17-12-24(9-8-19(17)23-18)21(25)16-11-14-4-2-3-5-20(14)27-22(16)26/h2-7,10-11,23H,8-9,12H2,1H3. The number of fused-ring (bicyclic) bond motifs is 4. The van der Waals surface area contributed by atoms with Gasteiger partial charge in [-0.3, -0.25) is 4.79 Å². The summed E-state index contributed by atoms with van der Waals surface area (Å²) >= 11 is 0. The Kier molecular flexibility index (Phi) is 3.44. The average molecular weight is 358 g/mol. The Labute approximate surface area is 155 Å². The Morgan fingerprint density at radius 1 is 1.15 bits per heavy atom. The van der Waals surface area contributed by atoms with Gasteiger partial charge < -0.3 is 14.3 Å². The van der Waals surface area contributed by atoms with Gasteiger partial charge in [-0.2, -0.15) is 0 Å². The second kappa shape index (κ2) is 5.84. The summed E-state index contributed by atoms with van der Waals surface area (Å²) in [5.74, 6) is -0.276. The molecule has 0 atom stereocenters. The summed E-state index contributed by atoms with van der Waals surface area (Å²) in [5, 5.41) is 1.90. The number of benzene rings is 2. The lowest BCUT2D eigenvalue weighted by Gasteiger charge is -2.27. The number of nitrogens with one attached hydrogen (secondary N) is 1. The van der Waals surface area contributed by atoms with E-state index in [9.17, 15) is 9.59 Å². The molecule has 134 valence electrons. The lowest BCUT2D eigenvalue weighted by Crippen LogP contribution is -2.37. The van der Waals surface area contributed by atoms with E-state index < -0.39 is 5.63 Å². The van der Waals surface area contributed by atoms with Crippen molar-refractivity contribution < 1.29 is 9.21 Å². The van der Waals surface area contributed by atoms with Crippen LogP contribution in [0.15, 0.2) is 57.7 Å². The zero-order valence-corrected chi connectivity index (χ0v) is 14.9. The molecule has 0 unspecified atom stereocenters. The van der Waals surface area contributed by atoms with Gasteiger partial charge in [0.15, 0.2) is 0 Å². The number of nitrogens with zero attached hydrogens (tertiary/aromatic N) is 1. The van der Waals surface area contributed by atoms with Gasteiger partial charge in [-0.25, -0.2) is 4.79 Å². The molecule has 2 aromatic carbocycles. The number of rotatable bonds is 1. The Morgan fingerprint density at radius 3 is 2.89 bits per heavy atom. The molecule has 0 radical (unpaired) electrons. The van der Waals surface area contributed by atoms with Crippen LogP contribution in [0.4, 0.5) is 0 Å². The maximum absolute atomic E-state index is 13.1. The molecule has 1 N–H and O–H groups in total. The van der Waals surface area contributed by atoms with Crippen molar-refractivity contribution in [1.82, 2.24) is 9.88 Å². The smallest absolute Gasteiger partial charge is 0.349 e. The van der Waals surface area contributed by atoms with Crippen molar-refractivity contribution in [3.63, 3.8) is 0 Å². The van der Waals surface area contributed by atoms with Crippen molar-refractivity contribution in [1.29, 1.82) is 0 Å². The molecule has 0 bridgehead atoms. The van der Waals surface area contributed by atoms with Crippen LogP contribution in [0.3, 0.4) is 0 Å². The van der Waals surface area contributed by atoms with E-state index in [2.05, 4.69) is 30.1 Å². The molecule has 3 heterocycles. The van der Waals surface area contributed by atoms with Crippen LogP contribution in [0.5, 0.6) is 0 Å². The Bertz CT molecular complexity index is 1270.